The van der Waals surface area contributed by atoms with Crippen LogP contribution in [-0.2, 0) is 6.54 Å². The van der Waals surface area contributed by atoms with Crippen LogP contribution in [0.2, 0.25) is 5.15 Å². The van der Waals surface area contributed by atoms with Gasteiger partial charge < -0.3 is 14.8 Å². The summed E-state index contributed by atoms with van der Waals surface area (Å²) >= 11 is 6.19. The minimum absolute atomic E-state index is 0.289. The van der Waals surface area contributed by atoms with E-state index in [4.69, 9.17) is 21.1 Å². The van der Waals surface area contributed by atoms with Gasteiger partial charge in [-0.25, -0.2) is 0 Å². The molecule has 21 heavy (non-hydrogen) atoms. The van der Waals surface area contributed by atoms with E-state index >= 15 is 0 Å². The molecule has 0 unspecified atom stereocenters. The maximum Gasteiger partial charge on any atom is 0.231 e. The Morgan fingerprint density at radius 1 is 1.33 bits per heavy atom. The Bertz CT molecular complexity index is 694. The number of hydrogen-bond acceptors (Lipinski definition) is 4. The van der Waals surface area contributed by atoms with Crippen LogP contribution in [0, 0.1) is 6.92 Å². The van der Waals surface area contributed by atoms with E-state index in [-0.39, 0.29) is 6.79 Å². The van der Waals surface area contributed by atoms with E-state index in [0.717, 1.165) is 28.3 Å². The molecule has 4 rings (SSSR count). The number of aromatic nitrogens is 2. The van der Waals surface area contributed by atoms with Gasteiger partial charge in [-0.05, 0) is 31.4 Å². The van der Waals surface area contributed by atoms with E-state index < -0.39 is 0 Å². The van der Waals surface area contributed by atoms with Crippen molar-refractivity contribution in [2.24, 2.45) is 0 Å². The van der Waals surface area contributed by atoms with Crippen LogP contribution < -0.4 is 14.8 Å². The van der Waals surface area contributed by atoms with Gasteiger partial charge in [-0.2, -0.15) is 5.10 Å². The number of nitrogens with zero attached hydrogens (tertiary/aromatic N) is 1. The first-order valence-corrected chi connectivity index (χ1v) is 7.47. The molecule has 1 fully saturated rings. The fraction of sp³-hybridized carbons (Fsp3) is 0.400. The molecule has 2 N–H and O–H groups in total. The van der Waals surface area contributed by atoms with Crippen LogP contribution in [0.15, 0.2) is 12.1 Å². The highest BCUT2D eigenvalue weighted by Gasteiger charge is 2.29. The van der Waals surface area contributed by atoms with Crippen molar-refractivity contribution in [1.29, 1.82) is 0 Å². The third-order valence-corrected chi connectivity index (χ3v) is 4.32. The number of ether oxygens (including phenoxy) is 2. The summed E-state index contributed by atoms with van der Waals surface area (Å²) in [6.45, 7) is 2.99. The molecule has 1 aliphatic heterocycles. The average molecular weight is 306 g/mol. The van der Waals surface area contributed by atoms with Crippen molar-refractivity contribution in [3.63, 3.8) is 0 Å². The second-order valence-electron chi connectivity index (χ2n) is 5.55. The van der Waals surface area contributed by atoms with Crippen LogP contribution in [0.4, 0.5) is 5.69 Å². The lowest BCUT2D eigenvalue weighted by molar-refractivity contribution is 0.174. The lowest BCUT2D eigenvalue weighted by atomic mass is 10.1. The van der Waals surface area contributed by atoms with Gasteiger partial charge in [0.2, 0.25) is 6.79 Å². The van der Waals surface area contributed by atoms with Crippen LogP contribution in [0.1, 0.15) is 35.6 Å². The van der Waals surface area contributed by atoms with Crippen molar-refractivity contribution in [1.82, 2.24) is 10.2 Å². The van der Waals surface area contributed by atoms with Crippen molar-refractivity contribution in [2.45, 2.75) is 32.2 Å². The second-order valence-corrected chi connectivity index (χ2v) is 5.91. The van der Waals surface area contributed by atoms with Gasteiger partial charge in [-0.3, -0.25) is 5.10 Å². The first-order valence-electron chi connectivity index (χ1n) is 7.09. The van der Waals surface area contributed by atoms with Crippen molar-refractivity contribution >= 4 is 17.3 Å². The maximum atomic E-state index is 6.19. The largest absolute Gasteiger partial charge is 0.454 e. The molecular formula is C15H16ClN3O2. The zero-order chi connectivity index (χ0) is 14.4. The van der Waals surface area contributed by atoms with Gasteiger partial charge in [0, 0.05) is 35.5 Å². The van der Waals surface area contributed by atoms with Crippen molar-refractivity contribution in [3.05, 3.63) is 34.1 Å². The van der Waals surface area contributed by atoms with E-state index in [1.807, 2.05) is 19.1 Å². The number of fused-ring (bicyclic) bond motifs is 1. The average Bonchev–Trinajstić information content (AvgIpc) is 3.10. The van der Waals surface area contributed by atoms with Crippen molar-refractivity contribution in [2.75, 3.05) is 12.1 Å². The zero-order valence-electron chi connectivity index (χ0n) is 11.7. The molecule has 0 saturated heterocycles. The molecule has 1 aliphatic carbocycles. The van der Waals surface area contributed by atoms with Gasteiger partial charge >= 0.3 is 0 Å². The number of aryl methyl sites for hydroxylation is 1. The second kappa shape index (κ2) is 4.84. The normalized spacial score (nSPS) is 16.3. The molecule has 0 spiro atoms. The molecule has 0 atom stereocenters. The predicted octanol–water partition coefficient (Wildman–Crippen LogP) is 3.59. The number of aromatic amines is 1. The molecule has 0 radical (unpaired) electrons. The van der Waals surface area contributed by atoms with Crippen LogP contribution >= 0.6 is 11.6 Å². The van der Waals surface area contributed by atoms with Gasteiger partial charge in [0.25, 0.3) is 0 Å². The number of rotatable bonds is 4. The van der Waals surface area contributed by atoms with Crippen molar-refractivity contribution in [3.8, 4) is 11.5 Å². The summed E-state index contributed by atoms with van der Waals surface area (Å²) in [7, 11) is 0. The summed E-state index contributed by atoms with van der Waals surface area (Å²) < 4.78 is 10.8. The van der Waals surface area contributed by atoms with Gasteiger partial charge in [-0.15, -0.1) is 0 Å². The van der Waals surface area contributed by atoms with Crippen LogP contribution in [0.25, 0.3) is 0 Å². The number of halogens is 1. The van der Waals surface area contributed by atoms with Gasteiger partial charge in [0.1, 0.15) is 0 Å². The Balaban J connectivity index is 1.56. The highest BCUT2D eigenvalue weighted by molar-refractivity contribution is 6.30. The molecule has 1 saturated carbocycles. The van der Waals surface area contributed by atoms with Crippen molar-refractivity contribution < 1.29 is 9.47 Å². The summed E-state index contributed by atoms with van der Waals surface area (Å²) in [5.41, 5.74) is 4.38. The molecule has 2 aromatic rings. The highest BCUT2D eigenvalue weighted by Crippen LogP contribution is 2.42. The topological polar surface area (TPSA) is 59.2 Å². The molecule has 2 heterocycles. The molecule has 1 aromatic heterocycles. The number of hydrogen-bond donors (Lipinski definition) is 2. The lowest BCUT2D eigenvalue weighted by Crippen LogP contribution is -2.03. The fourth-order valence-corrected chi connectivity index (χ4v) is 2.86. The fourth-order valence-electron chi connectivity index (χ4n) is 2.65. The van der Waals surface area contributed by atoms with Gasteiger partial charge in [0.15, 0.2) is 16.7 Å². The lowest BCUT2D eigenvalue weighted by Gasteiger charge is -2.11. The quantitative estimate of drug-likeness (QED) is 0.906. The molecule has 5 nitrogen and oxygen atoms in total. The van der Waals surface area contributed by atoms with E-state index in [9.17, 15) is 0 Å². The third kappa shape index (κ3) is 2.31. The minimum atomic E-state index is 0.289. The predicted molar refractivity (Wildman–Crippen MR) is 80.2 cm³/mol. The minimum Gasteiger partial charge on any atom is -0.454 e. The monoisotopic (exact) mass is 305 g/mol. The summed E-state index contributed by atoms with van der Waals surface area (Å²) in [6.07, 6.45) is 2.43. The van der Waals surface area contributed by atoms with Gasteiger partial charge in [0.05, 0.1) is 0 Å². The van der Waals surface area contributed by atoms with E-state index in [2.05, 4.69) is 15.5 Å². The Kier molecular flexibility index (Phi) is 2.96. The zero-order valence-corrected chi connectivity index (χ0v) is 12.5. The molecule has 110 valence electrons. The van der Waals surface area contributed by atoms with E-state index in [1.165, 1.54) is 18.5 Å². The number of anilines is 1. The Hall–Kier alpha value is -1.88. The van der Waals surface area contributed by atoms with Gasteiger partial charge in [-0.1, -0.05) is 11.6 Å². The number of benzene rings is 1. The summed E-state index contributed by atoms with van der Waals surface area (Å²) in [5, 5.41) is 11.2. The van der Waals surface area contributed by atoms with E-state index in [0.29, 0.717) is 17.6 Å². The first-order chi connectivity index (χ1) is 10.2. The van der Waals surface area contributed by atoms with Crippen LogP contribution in [-0.4, -0.2) is 17.0 Å². The maximum absolute atomic E-state index is 6.19. The van der Waals surface area contributed by atoms with Crippen LogP contribution in [0.3, 0.4) is 0 Å². The standard InChI is InChI=1S/C15H16ClN3O2/c1-8-4-12-13(21-7-20-12)5-11(8)17-6-10-14(9-2-3-9)18-19-15(10)16/h4-5,9,17H,2-3,6-7H2,1H3,(H,18,19). The summed E-state index contributed by atoms with van der Waals surface area (Å²) in [5.74, 6) is 2.18. The smallest absolute Gasteiger partial charge is 0.231 e. The molecule has 6 heteroatoms. The number of nitrogens with one attached hydrogen (secondary N) is 2. The highest BCUT2D eigenvalue weighted by atomic mass is 35.5. The molecule has 0 amide bonds. The van der Waals surface area contributed by atoms with E-state index in [1.54, 1.807) is 0 Å². The Morgan fingerprint density at radius 2 is 2.10 bits per heavy atom. The Morgan fingerprint density at radius 3 is 2.86 bits per heavy atom. The summed E-state index contributed by atoms with van der Waals surface area (Å²) in [6, 6.07) is 3.96. The molecule has 2 aliphatic rings. The summed E-state index contributed by atoms with van der Waals surface area (Å²) in [4.78, 5) is 0. The Labute approximate surface area is 127 Å². The van der Waals surface area contributed by atoms with Crippen LogP contribution in [0.5, 0.6) is 11.5 Å². The SMILES string of the molecule is Cc1cc2c(cc1NCc1c(Cl)n[nH]c1C1CC1)OCO2. The molecular weight excluding hydrogens is 290 g/mol. The number of H-pyrrole nitrogens is 1. The molecule has 1 aromatic carbocycles. The first kappa shape index (κ1) is 12.8. The third-order valence-electron chi connectivity index (χ3n) is 4.01. The molecule has 0 bridgehead atoms.